The number of pyridine rings is 1. The van der Waals surface area contributed by atoms with E-state index in [2.05, 4.69) is 4.98 Å². The third-order valence-electron chi connectivity index (χ3n) is 1.64. The Morgan fingerprint density at radius 3 is 3.07 bits per heavy atom. The van der Waals surface area contributed by atoms with Crippen molar-refractivity contribution in [2.24, 2.45) is 0 Å². The topological polar surface area (TPSA) is 59.4 Å². The van der Waals surface area contributed by atoms with Crippen LogP contribution in [-0.2, 0) is 0 Å². The number of carboxylic acid groups (broad SMARTS) is 1. The Balaban J connectivity index is 2.89. The second-order valence-electron chi connectivity index (χ2n) is 2.66. The zero-order valence-electron chi connectivity index (χ0n) is 8.11. The third kappa shape index (κ3) is 2.95. The summed E-state index contributed by atoms with van der Waals surface area (Å²) < 4.78 is 5.17. The number of ether oxygens (including phenoxy) is 1. The number of halogens is 1. The molecule has 0 aliphatic heterocycles. The minimum Gasteiger partial charge on any atom is -0.478 e. The molecule has 0 aromatic carbocycles. The predicted molar refractivity (Wildman–Crippen MR) is 56.5 cm³/mol. The van der Waals surface area contributed by atoms with E-state index < -0.39 is 5.97 Å². The van der Waals surface area contributed by atoms with Gasteiger partial charge in [0.25, 0.3) is 0 Å². The first kappa shape index (κ1) is 11.5. The van der Waals surface area contributed by atoms with Gasteiger partial charge in [-0.05, 0) is 13.0 Å². The molecule has 0 saturated heterocycles. The van der Waals surface area contributed by atoms with Crippen LogP contribution >= 0.6 is 11.6 Å². The van der Waals surface area contributed by atoms with E-state index in [1.807, 2.05) is 13.0 Å². The molecule has 0 aliphatic rings. The lowest BCUT2D eigenvalue weighted by Crippen LogP contribution is -2.02. The summed E-state index contributed by atoms with van der Waals surface area (Å²) in [5.74, 6) is -0.965. The molecule has 0 atom stereocenters. The smallest absolute Gasteiger partial charge is 0.337 e. The summed E-state index contributed by atoms with van der Waals surface area (Å²) in [5, 5.41) is 8.80. The monoisotopic (exact) mass is 227 g/mol. The molecule has 0 unspecified atom stereocenters. The Morgan fingerprint density at radius 1 is 1.73 bits per heavy atom. The van der Waals surface area contributed by atoms with E-state index in [-0.39, 0.29) is 16.5 Å². The first-order valence-corrected chi connectivity index (χ1v) is 4.66. The van der Waals surface area contributed by atoms with Gasteiger partial charge >= 0.3 is 5.97 Å². The largest absolute Gasteiger partial charge is 0.478 e. The fourth-order valence-corrected chi connectivity index (χ4v) is 1.16. The normalized spacial score (nSPS) is 10.5. The summed E-state index contributed by atoms with van der Waals surface area (Å²) in [6, 6.07) is 1.33. The van der Waals surface area contributed by atoms with Crippen LogP contribution in [0.2, 0.25) is 5.02 Å². The molecule has 1 N–H and O–H groups in total. The maximum atomic E-state index is 10.7. The highest BCUT2D eigenvalue weighted by molar-refractivity contribution is 6.34. The van der Waals surface area contributed by atoms with Gasteiger partial charge < -0.3 is 9.84 Å². The number of hydrogen-bond acceptors (Lipinski definition) is 3. The van der Waals surface area contributed by atoms with Crippen LogP contribution in [0.1, 0.15) is 17.3 Å². The summed E-state index contributed by atoms with van der Waals surface area (Å²) >= 11 is 5.79. The number of rotatable bonds is 4. The number of carbonyl (C=O) groups is 1. The minimum atomic E-state index is -1.10. The quantitative estimate of drug-likeness (QED) is 0.803. The number of aromatic carboxylic acids is 1. The highest BCUT2D eigenvalue weighted by atomic mass is 35.5. The van der Waals surface area contributed by atoms with Gasteiger partial charge in [-0.2, -0.15) is 0 Å². The van der Waals surface area contributed by atoms with E-state index in [0.717, 1.165) is 0 Å². The summed E-state index contributed by atoms with van der Waals surface area (Å²) in [7, 11) is 0. The number of allylic oxidation sites excluding steroid dienone is 1. The lowest BCUT2D eigenvalue weighted by atomic mass is 10.3. The fourth-order valence-electron chi connectivity index (χ4n) is 0.914. The highest BCUT2D eigenvalue weighted by Gasteiger charge is 2.13. The highest BCUT2D eigenvalue weighted by Crippen LogP contribution is 2.25. The first-order chi connectivity index (χ1) is 7.16. The first-order valence-electron chi connectivity index (χ1n) is 4.28. The van der Waals surface area contributed by atoms with Crippen molar-refractivity contribution >= 4 is 17.6 Å². The molecule has 0 radical (unpaired) electrons. The maximum absolute atomic E-state index is 10.7. The second-order valence-corrected chi connectivity index (χ2v) is 3.04. The molecule has 0 saturated carbocycles. The average Bonchev–Trinajstić information content (AvgIpc) is 2.20. The molecule has 5 heteroatoms. The van der Waals surface area contributed by atoms with Gasteiger partial charge in [0.2, 0.25) is 5.88 Å². The zero-order valence-corrected chi connectivity index (χ0v) is 8.86. The Kier molecular flexibility index (Phi) is 4.12. The maximum Gasteiger partial charge on any atom is 0.337 e. The van der Waals surface area contributed by atoms with Crippen molar-refractivity contribution in [1.29, 1.82) is 0 Å². The van der Waals surface area contributed by atoms with Gasteiger partial charge in [-0.25, -0.2) is 9.78 Å². The van der Waals surface area contributed by atoms with Crippen molar-refractivity contribution in [3.8, 4) is 5.88 Å². The molecule has 1 aromatic heterocycles. The van der Waals surface area contributed by atoms with E-state index >= 15 is 0 Å². The molecule has 0 bridgehead atoms. The van der Waals surface area contributed by atoms with Gasteiger partial charge in [-0.3, -0.25) is 0 Å². The number of hydrogen-bond donors (Lipinski definition) is 1. The summed E-state index contributed by atoms with van der Waals surface area (Å²) in [6.45, 7) is 2.17. The van der Waals surface area contributed by atoms with E-state index in [1.54, 1.807) is 6.08 Å². The number of nitrogens with zero attached hydrogens (tertiary/aromatic N) is 1. The second kappa shape index (κ2) is 5.36. The Hall–Kier alpha value is -1.55. The molecule has 1 rings (SSSR count). The van der Waals surface area contributed by atoms with Crippen LogP contribution in [0.25, 0.3) is 0 Å². The van der Waals surface area contributed by atoms with Crippen LogP contribution in [0.4, 0.5) is 0 Å². The van der Waals surface area contributed by atoms with Crippen molar-refractivity contribution < 1.29 is 14.6 Å². The molecule has 1 heterocycles. The van der Waals surface area contributed by atoms with E-state index in [1.165, 1.54) is 12.3 Å². The Bertz CT molecular complexity index is 390. The van der Waals surface area contributed by atoms with Crippen LogP contribution in [0, 0.1) is 0 Å². The molecule has 15 heavy (non-hydrogen) atoms. The van der Waals surface area contributed by atoms with Crippen molar-refractivity contribution in [2.75, 3.05) is 6.61 Å². The number of carboxylic acids is 1. The van der Waals surface area contributed by atoms with Gasteiger partial charge in [-0.1, -0.05) is 23.8 Å². The molecular formula is C10H10ClNO3. The van der Waals surface area contributed by atoms with Crippen LogP contribution in [0.5, 0.6) is 5.88 Å². The van der Waals surface area contributed by atoms with Crippen LogP contribution in [0.3, 0.4) is 0 Å². The van der Waals surface area contributed by atoms with Gasteiger partial charge in [0, 0.05) is 6.20 Å². The standard InChI is InChI=1S/C10H10ClNO3/c1-2-3-6-15-9-8(11)7(10(13)14)4-5-12-9/h2-5H,6H2,1H3,(H,13,14)/b3-2+. The van der Waals surface area contributed by atoms with Crippen molar-refractivity contribution in [1.82, 2.24) is 4.98 Å². The molecule has 0 fully saturated rings. The molecule has 0 amide bonds. The minimum absolute atomic E-state index is 0.0119. The lowest BCUT2D eigenvalue weighted by Gasteiger charge is -2.05. The molecule has 0 spiro atoms. The van der Waals surface area contributed by atoms with Gasteiger partial charge in [0.15, 0.2) is 0 Å². The molecular weight excluding hydrogens is 218 g/mol. The summed E-state index contributed by atoms with van der Waals surface area (Å²) in [4.78, 5) is 14.6. The van der Waals surface area contributed by atoms with Crippen molar-refractivity contribution in [3.63, 3.8) is 0 Å². The van der Waals surface area contributed by atoms with Gasteiger partial charge in [0.1, 0.15) is 11.6 Å². The van der Waals surface area contributed by atoms with Crippen molar-refractivity contribution in [3.05, 3.63) is 35.0 Å². The molecule has 4 nitrogen and oxygen atoms in total. The summed E-state index contributed by atoms with van der Waals surface area (Å²) in [6.07, 6.45) is 4.93. The van der Waals surface area contributed by atoms with Crippen LogP contribution in [0.15, 0.2) is 24.4 Å². The Labute approximate surface area is 92.2 Å². The van der Waals surface area contributed by atoms with E-state index in [4.69, 9.17) is 21.4 Å². The van der Waals surface area contributed by atoms with Crippen LogP contribution in [-0.4, -0.2) is 22.7 Å². The van der Waals surface area contributed by atoms with E-state index in [9.17, 15) is 4.79 Å². The van der Waals surface area contributed by atoms with Gasteiger partial charge in [0.05, 0.1) is 5.56 Å². The van der Waals surface area contributed by atoms with Crippen molar-refractivity contribution in [2.45, 2.75) is 6.92 Å². The fraction of sp³-hybridized carbons (Fsp3) is 0.200. The predicted octanol–water partition coefficient (Wildman–Crippen LogP) is 2.39. The molecule has 80 valence electrons. The number of aromatic nitrogens is 1. The third-order valence-corrected chi connectivity index (χ3v) is 2.00. The summed E-state index contributed by atoms with van der Waals surface area (Å²) in [5.41, 5.74) is -0.0119. The molecule has 1 aromatic rings. The zero-order chi connectivity index (χ0) is 11.3. The van der Waals surface area contributed by atoms with Crippen LogP contribution < -0.4 is 4.74 Å². The average molecular weight is 228 g/mol. The lowest BCUT2D eigenvalue weighted by molar-refractivity contribution is 0.0696. The van der Waals surface area contributed by atoms with E-state index in [0.29, 0.717) is 6.61 Å². The molecule has 0 aliphatic carbocycles. The Morgan fingerprint density at radius 2 is 2.47 bits per heavy atom. The van der Waals surface area contributed by atoms with Gasteiger partial charge in [-0.15, -0.1) is 0 Å². The SMILES string of the molecule is C/C=C/COc1nccc(C(=O)O)c1Cl.